The molecule has 22 heavy (non-hydrogen) atoms. The fourth-order valence-corrected chi connectivity index (χ4v) is 4.41. The summed E-state index contributed by atoms with van der Waals surface area (Å²) in [4.78, 5) is 4.27. The van der Waals surface area contributed by atoms with Gasteiger partial charge in [-0.2, -0.15) is 0 Å². The number of benzene rings is 1. The number of halogens is 1. The summed E-state index contributed by atoms with van der Waals surface area (Å²) < 4.78 is 37.1. The van der Waals surface area contributed by atoms with Gasteiger partial charge in [0.1, 0.15) is 15.7 Å². The predicted octanol–water partition coefficient (Wildman–Crippen LogP) is 4.09. The van der Waals surface area contributed by atoms with Crippen molar-refractivity contribution in [3.8, 4) is 0 Å². The second kappa shape index (κ2) is 5.59. The molecule has 1 aromatic heterocycles. The normalized spacial score (nSPS) is 15.6. The minimum atomic E-state index is -3.54. The molecule has 0 atom stereocenters. The molecule has 0 aliphatic heterocycles. The molecule has 0 fully saturated rings. The van der Waals surface area contributed by atoms with Crippen molar-refractivity contribution in [2.24, 2.45) is 0 Å². The van der Waals surface area contributed by atoms with Gasteiger partial charge in [0.05, 0.1) is 0 Å². The highest BCUT2D eigenvalue weighted by molar-refractivity contribution is 7.90. The van der Waals surface area contributed by atoms with Crippen molar-refractivity contribution in [2.45, 2.75) is 31.1 Å². The number of aryl methyl sites for hydroxylation is 1. The van der Waals surface area contributed by atoms with Crippen LogP contribution in [0.1, 0.15) is 35.5 Å². The fourth-order valence-electron chi connectivity index (χ4n) is 2.78. The van der Waals surface area contributed by atoms with Crippen molar-refractivity contribution in [3.05, 3.63) is 45.7 Å². The summed E-state index contributed by atoms with van der Waals surface area (Å²) in [6.45, 7) is 1.95. The van der Waals surface area contributed by atoms with Crippen LogP contribution >= 0.6 is 11.3 Å². The summed E-state index contributed by atoms with van der Waals surface area (Å²) in [5.41, 5.74) is 3.97. The van der Waals surface area contributed by atoms with Gasteiger partial charge >= 0.3 is 0 Å². The van der Waals surface area contributed by atoms with Crippen molar-refractivity contribution >= 4 is 32.3 Å². The Hall–Kier alpha value is -1.53. The van der Waals surface area contributed by atoms with Gasteiger partial charge in [0.2, 0.25) is 0 Å². The molecule has 0 unspecified atom stereocenters. The van der Waals surface area contributed by atoms with Gasteiger partial charge in [0.25, 0.3) is 0 Å². The van der Waals surface area contributed by atoms with Crippen LogP contribution in [0.2, 0.25) is 0 Å². The lowest BCUT2D eigenvalue weighted by molar-refractivity contribution is 0.570. The van der Waals surface area contributed by atoms with Crippen LogP contribution < -0.4 is 0 Å². The Morgan fingerprint density at radius 3 is 2.55 bits per heavy atom. The van der Waals surface area contributed by atoms with E-state index in [-0.39, 0.29) is 4.90 Å². The number of allylic oxidation sites excluding steroid dienone is 2. The molecule has 0 N–H and O–H groups in total. The number of aromatic nitrogens is 1. The zero-order chi connectivity index (χ0) is 15.9. The molecule has 1 heterocycles. The third kappa shape index (κ3) is 2.85. The Morgan fingerprint density at radius 1 is 1.23 bits per heavy atom. The van der Waals surface area contributed by atoms with Gasteiger partial charge in [-0.05, 0) is 55.0 Å². The lowest BCUT2D eigenvalue weighted by Crippen LogP contribution is -2.01. The topological polar surface area (TPSA) is 47.0 Å². The van der Waals surface area contributed by atoms with Crippen LogP contribution in [0.4, 0.5) is 4.39 Å². The van der Waals surface area contributed by atoms with Crippen LogP contribution in [-0.2, 0) is 9.84 Å². The predicted molar refractivity (Wildman–Crippen MR) is 87.0 cm³/mol. The molecule has 2 aromatic rings. The van der Waals surface area contributed by atoms with E-state index in [4.69, 9.17) is 0 Å². The minimum Gasteiger partial charge on any atom is -0.242 e. The maximum atomic E-state index is 14.1. The summed E-state index contributed by atoms with van der Waals surface area (Å²) in [6, 6.07) is 4.38. The Morgan fingerprint density at radius 2 is 1.95 bits per heavy atom. The number of hydrogen-bond donors (Lipinski definition) is 0. The van der Waals surface area contributed by atoms with Crippen molar-refractivity contribution < 1.29 is 12.8 Å². The zero-order valence-corrected chi connectivity index (χ0v) is 14.0. The summed E-state index contributed by atoms with van der Waals surface area (Å²) in [5, 5.41) is 2.99. The van der Waals surface area contributed by atoms with Gasteiger partial charge in [-0.15, -0.1) is 11.3 Å². The highest BCUT2D eigenvalue weighted by Crippen LogP contribution is 2.41. The summed E-state index contributed by atoms with van der Waals surface area (Å²) in [5.74, 6) is -0.686. The molecule has 0 bridgehead atoms. The molecular formula is C16H16FNO2S2. The first-order chi connectivity index (χ1) is 10.4. The summed E-state index contributed by atoms with van der Waals surface area (Å²) >= 11 is 1.60. The highest BCUT2D eigenvalue weighted by Gasteiger charge is 2.22. The first-order valence-corrected chi connectivity index (χ1v) is 9.78. The maximum Gasteiger partial charge on any atom is 0.178 e. The standard InChI is InChI=1S/C16H16FNO2S2/c1-10-9-21-16(18-10)13-5-3-4-12(13)11-6-7-15(14(17)8-11)22(2,19)20/h6-9H,3-5H2,1-2H3. The fraction of sp³-hybridized carbons (Fsp3) is 0.312. The van der Waals surface area contributed by atoms with E-state index < -0.39 is 15.7 Å². The molecule has 3 nitrogen and oxygen atoms in total. The molecule has 0 amide bonds. The van der Waals surface area contributed by atoms with Crippen molar-refractivity contribution in [3.63, 3.8) is 0 Å². The van der Waals surface area contributed by atoms with Gasteiger partial charge in [-0.1, -0.05) is 6.07 Å². The van der Waals surface area contributed by atoms with Crippen LogP contribution in [-0.4, -0.2) is 19.7 Å². The Balaban J connectivity index is 2.08. The maximum absolute atomic E-state index is 14.1. The molecule has 1 aromatic carbocycles. The summed E-state index contributed by atoms with van der Waals surface area (Å²) in [7, 11) is -3.54. The van der Waals surface area contributed by atoms with E-state index in [1.54, 1.807) is 17.4 Å². The number of hydrogen-bond acceptors (Lipinski definition) is 4. The lowest BCUT2D eigenvalue weighted by atomic mass is 10.0. The molecule has 1 aliphatic carbocycles. The second-order valence-electron chi connectivity index (χ2n) is 5.52. The average Bonchev–Trinajstić information content (AvgIpc) is 3.05. The zero-order valence-electron chi connectivity index (χ0n) is 12.4. The number of rotatable bonds is 3. The van der Waals surface area contributed by atoms with Crippen molar-refractivity contribution in [1.82, 2.24) is 4.98 Å². The number of thiazole rings is 1. The quantitative estimate of drug-likeness (QED) is 0.847. The van der Waals surface area contributed by atoms with E-state index in [2.05, 4.69) is 4.98 Å². The Kier molecular flexibility index (Phi) is 3.91. The van der Waals surface area contributed by atoms with Gasteiger partial charge in [0.15, 0.2) is 9.84 Å². The third-order valence-corrected chi connectivity index (χ3v) is 5.92. The number of sulfone groups is 1. The van der Waals surface area contributed by atoms with Crippen LogP contribution in [0.3, 0.4) is 0 Å². The first-order valence-electron chi connectivity index (χ1n) is 7.01. The third-order valence-electron chi connectivity index (χ3n) is 3.77. The molecule has 3 rings (SSSR count). The van der Waals surface area contributed by atoms with E-state index in [1.807, 2.05) is 12.3 Å². The smallest absolute Gasteiger partial charge is 0.178 e. The van der Waals surface area contributed by atoms with Crippen molar-refractivity contribution in [1.29, 1.82) is 0 Å². The first kappa shape index (κ1) is 15.4. The van der Waals surface area contributed by atoms with E-state index in [0.29, 0.717) is 0 Å². The second-order valence-corrected chi connectivity index (χ2v) is 8.36. The molecule has 0 saturated heterocycles. The summed E-state index contributed by atoms with van der Waals surface area (Å²) in [6.07, 6.45) is 3.83. The van der Waals surface area contributed by atoms with Gasteiger partial charge in [-0.25, -0.2) is 17.8 Å². The Bertz CT molecular complexity index is 866. The van der Waals surface area contributed by atoms with E-state index in [1.165, 1.54) is 12.1 Å². The highest BCUT2D eigenvalue weighted by atomic mass is 32.2. The molecule has 6 heteroatoms. The molecule has 0 saturated carbocycles. The largest absolute Gasteiger partial charge is 0.242 e. The van der Waals surface area contributed by atoms with E-state index in [0.717, 1.165) is 52.9 Å². The van der Waals surface area contributed by atoms with E-state index >= 15 is 0 Å². The van der Waals surface area contributed by atoms with Crippen LogP contribution in [0.25, 0.3) is 11.1 Å². The number of nitrogens with zero attached hydrogens (tertiary/aromatic N) is 1. The van der Waals surface area contributed by atoms with Crippen molar-refractivity contribution in [2.75, 3.05) is 6.26 Å². The van der Waals surface area contributed by atoms with Crippen LogP contribution in [0.5, 0.6) is 0 Å². The van der Waals surface area contributed by atoms with Gasteiger partial charge < -0.3 is 0 Å². The molecule has 0 radical (unpaired) electrons. The lowest BCUT2D eigenvalue weighted by Gasteiger charge is -2.08. The van der Waals surface area contributed by atoms with Crippen LogP contribution in [0.15, 0.2) is 28.5 Å². The Labute approximate surface area is 133 Å². The van der Waals surface area contributed by atoms with Gasteiger partial charge in [-0.3, -0.25) is 0 Å². The van der Waals surface area contributed by atoms with E-state index in [9.17, 15) is 12.8 Å². The minimum absolute atomic E-state index is 0.249. The average molecular weight is 337 g/mol. The SMILES string of the molecule is Cc1csc(C2=C(c3ccc(S(C)(=O)=O)c(F)c3)CCC2)n1. The monoisotopic (exact) mass is 337 g/mol. The molecular weight excluding hydrogens is 321 g/mol. The van der Waals surface area contributed by atoms with Crippen LogP contribution in [0, 0.1) is 12.7 Å². The molecule has 0 spiro atoms. The van der Waals surface area contributed by atoms with Gasteiger partial charge in [0, 0.05) is 17.3 Å². The molecule has 116 valence electrons. The molecule has 1 aliphatic rings.